The maximum Gasteiger partial charge on any atom is 0.0590 e. The highest BCUT2D eigenvalue weighted by Gasteiger charge is 2.29. The van der Waals surface area contributed by atoms with Crippen LogP contribution >= 0.6 is 23.5 Å². The maximum atomic E-state index is 6.71. The Kier molecular flexibility index (Phi) is 12.5. The average molecular weight is 899 g/mol. The second-order valence-electron chi connectivity index (χ2n) is 16.8. The number of allylic oxidation sites excluding steroid dienone is 10. The first-order valence-corrected chi connectivity index (χ1v) is 24.7. The van der Waals surface area contributed by atoms with Crippen molar-refractivity contribution in [1.29, 1.82) is 0 Å². The number of terminal acetylenes is 1. The van der Waals surface area contributed by atoms with Gasteiger partial charge in [-0.1, -0.05) is 158 Å². The molecule has 8 aromatic rings. The molecule has 0 bridgehead atoms. The van der Waals surface area contributed by atoms with E-state index in [9.17, 15) is 0 Å². The van der Waals surface area contributed by atoms with Crippen LogP contribution in [-0.4, -0.2) is 16.1 Å². The summed E-state index contributed by atoms with van der Waals surface area (Å²) < 4.78 is 2.37. The number of nitrogen functional groups attached to an aromatic ring is 1. The summed E-state index contributed by atoms with van der Waals surface area (Å²) in [5.41, 5.74) is 27.0. The zero-order valence-electron chi connectivity index (χ0n) is 37.6. The maximum absolute atomic E-state index is 6.71. The summed E-state index contributed by atoms with van der Waals surface area (Å²) in [6, 6.07) is 49.4. The van der Waals surface area contributed by atoms with Crippen LogP contribution in [0.4, 0.5) is 5.69 Å². The average Bonchev–Trinajstić information content (AvgIpc) is 3.89. The fourth-order valence-corrected chi connectivity index (χ4v) is 11.4. The van der Waals surface area contributed by atoms with E-state index in [-0.39, 0.29) is 0 Å². The van der Waals surface area contributed by atoms with Crippen molar-refractivity contribution in [3.63, 3.8) is 0 Å². The molecular weight excluding hydrogens is 849 g/mol. The normalized spacial score (nSPS) is 17.4. The van der Waals surface area contributed by atoms with Gasteiger partial charge in [-0.2, -0.15) is 0 Å². The number of para-hydroxylation sites is 2. The highest BCUT2D eigenvalue weighted by molar-refractivity contribution is 8.03. The van der Waals surface area contributed by atoms with Crippen molar-refractivity contribution >= 4 is 56.5 Å². The SMILES string of the molecule is C#C.C=C1/C=C\C(c2ccc(-c3ccc4c(c3)C/C=C\C=C/CS4)c3c2-c2ccc(-c4ccc5c(c4)c(C)c(-c4ccccc4N)n5-c4ccccc4)c4cccc-3c24)=C/C/C=C\C=C/CS1. The van der Waals surface area contributed by atoms with E-state index in [1.54, 1.807) is 11.8 Å². The molecule has 324 valence electrons. The highest BCUT2D eigenvalue weighted by Crippen LogP contribution is 2.55. The molecule has 2 aliphatic heterocycles. The lowest BCUT2D eigenvalue weighted by Crippen LogP contribution is -1.99. The molecule has 11 rings (SSSR count). The Morgan fingerprint density at radius 2 is 1.25 bits per heavy atom. The monoisotopic (exact) mass is 898 g/mol. The summed E-state index contributed by atoms with van der Waals surface area (Å²) >= 11 is 3.68. The molecule has 1 aliphatic carbocycles. The van der Waals surface area contributed by atoms with E-state index in [4.69, 9.17) is 5.73 Å². The molecule has 4 heteroatoms. The summed E-state index contributed by atoms with van der Waals surface area (Å²) in [5.74, 6) is 1.86. The number of hydrogen-bond donors (Lipinski definition) is 1. The predicted molar refractivity (Wildman–Crippen MR) is 295 cm³/mol. The van der Waals surface area contributed by atoms with Gasteiger partial charge >= 0.3 is 0 Å². The van der Waals surface area contributed by atoms with Crippen LogP contribution in [-0.2, 0) is 6.42 Å². The van der Waals surface area contributed by atoms with Gasteiger partial charge in [-0.25, -0.2) is 0 Å². The number of aromatic nitrogens is 1. The van der Waals surface area contributed by atoms with E-state index in [2.05, 4.69) is 219 Å². The smallest absolute Gasteiger partial charge is 0.0590 e. The van der Waals surface area contributed by atoms with E-state index in [0.717, 1.165) is 57.4 Å². The molecule has 0 saturated carbocycles. The van der Waals surface area contributed by atoms with Gasteiger partial charge in [0.25, 0.3) is 0 Å². The lowest BCUT2D eigenvalue weighted by molar-refractivity contribution is 1.13. The predicted octanol–water partition coefficient (Wildman–Crippen LogP) is 17.0. The number of rotatable bonds is 5. The van der Waals surface area contributed by atoms with Crippen LogP contribution in [0.5, 0.6) is 0 Å². The van der Waals surface area contributed by atoms with Gasteiger partial charge in [-0.3, -0.25) is 0 Å². The molecule has 7 aromatic carbocycles. The largest absolute Gasteiger partial charge is 0.398 e. The lowest BCUT2D eigenvalue weighted by Gasteiger charge is -2.18. The number of fused-ring (bicyclic) bond motifs is 5. The van der Waals surface area contributed by atoms with Crippen LogP contribution in [0.1, 0.15) is 23.1 Å². The van der Waals surface area contributed by atoms with Crippen molar-refractivity contribution < 1.29 is 0 Å². The first kappa shape index (κ1) is 43.5. The zero-order valence-corrected chi connectivity index (χ0v) is 39.2. The third-order valence-electron chi connectivity index (χ3n) is 13.0. The molecule has 2 N–H and O–H groups in total. The fourth-order valence-electron chi connectivity index (χ4n) is 9.95. The highest BCUT2D eigenvalue weighted by atomic mass is 32.2. The van der Waals surface area contributed by atoms with Crippen LogP contribution in [0.3, 0.4) is 0 Å². The molecule has 3 heterocycles. The van der Waals surface area contributed by atoms with E-state index in [0.29, 0.717) is 0 Å². The van der Waals surface area contributed by atoms with Crippen LogP contribution < -0.4 is 5.73 Å². The number of aryl methyl sites for hydroxylation is 1. The summed E-state index contributed by atoms with van der Waals surface area (Å²) in [6.07, 6.45) is 34.2. The summed E-state index contributed by atoms with van der Waals surface area (Å²) in [7, 11) is 0. The molecule has 3 aliphatic rings. The van der Waals surface area contributed by atoms with Crippen LogP contribution in [0.2, 0.25) is 0 Å². The van der Waals surface area contributed by atoms with Crippen molar-refractivity contribution in [1.82, 2.24) is 4.57 Å². The van der Waals surface area contributed by atoms with Gasteiger partial charge < -0.3 is 10.3 Å². The molecule has 0 saturated heterocycles. The minimum Gasteiger partial charge on any atom is -0.398 e. The molecule has 0 unspecified atom stereocenters. The molecule has 0 atom stereocenters. The minimum atomic E-state index is 0.770. The second-order valence-corrected chi connectivity index (χ2v) is 19.0. The first-order valence-electron chi connectivity index (χ1n) is 22.8. The second kappa shape index (κ2) is 19.2. The number of benzene rings is 7. The molecule has 67 heavy (non-hydrogen) atoms. The van der Waals surface area contributed by atoms with E-state index < -0.39 is 0 Å². The Labute approximate surface area is 403 Å². The van der Waals surface area contributed by atoms with Gasteiger partial charge in [0.15, 0.2) is 0 Å². The van der Waals surface area contributed by atoms with Gasteiger partial charge in [0.05, 0.1) is 11.2 Å². The molecule has 1 aromatic heterocycles. The quantitative estimate of drug-likeness (QED) is 0.138. The fraction of sp³-hybridized carbons (Fsp3) is 0.0794. The third-order valence-corrected chi connectivity index (χ3v) is 14.9. The van der Waals surface area contributed by atoms with Gasteiger partial charge in [-0.05, 0) is 146 Å². The summed E-state index contributed by atoms with van der Waals surface area (Å²) in [4.78, 5) is 2.40. The number of anilines is 1. The molecular formula is C63H50N2S2. The van der Waals surface area contributed by atoms with E-state index in [1.165, 1.54) is 87.8 Å². The Bertz CT molecular complexity index is 3460. The molecule has 0 spiro atoms. The Morgan fingerprint density at radius 3 is 2.10 bits per heavy atom. The van der Waals surface area contributed by atoms with E-state index >= 15 is 0 Å². The standard InChI is InChI=1S/C61H48N2S2.C2H2/c1-40-26-27-42(18-9-4-3-6-15-36-64-40)48-31-32-49(43-29-35-57-45(38-43)19-10-5-7-16-37-65-57)60-52-24-17-23-50-47(30-33-53(58(50)52)59(48)60)44-28-34-56-54(39-44)41(2)61(51-22-13-14-25-55(51)62)63(56)46-20-11-8-12-21-46;1-2/h3-8,10-18,20-35,38-39H,1,9,19,36-37,62H2,2H3;1-2H/b4-3-,10-5-,15-6-,16-7-,27-26-,42-18+;. The van der Waals surface area contributed by atoms with Crippen molar-refractivity contribution in [3.8, 4) is 74.3 Å². The van der Waals surface area contributed by atoms with Crippen molar-refractivity contribution in [2.24, 2.45) is 0 Å². The van der Waals surface area contributed by atoms with Gasteiger partial charge in [0, 0.05) is 43.6 Å². The van der Waals surface area contributed by atoms with Gasteiger partial charge in [-0.15, -0.1) is 36.4 Å². The topological polar surface area (TPSA) is 30.9 Å². The lowest BCUT2D eigenvalue weighted by atomic mass is 9.86. The molecule has 0 fully saturated rings. The Morgan fingerprint density at radius 1 is 0.582 bits per heavy atom. The Hall–Kier alpha value is -7.42. The van der Waals surface area contributed by atoms with Crippen molar-refractivity contribution in [3.05, 3.63) is 228 Å². The molecule has 0 amide bonds. The summed E-state index contributed by atoms with van der Waals surface area (Å²) in [5, 5.41) is 3.77. The number of hydrogen-bond acceptors (Lipinski definition) is 3. The number of nitrogens with zero attached hydrogens (tertiary/aromatic N) is 1. The van der Waals surface area contributed by atoms with E-state index in [1.807, 2.05) is 23.9 Å². The number of thioether (sulfide) groups is 2. The zero-order chi connectivity index (χ0) is 45.9. The van der Waals surface area contributed by atoms with Crippen molar-refractivity contribution in [2.45, 2.75) is 24.7 Å². The van der Waals surface area contributed by atoms with Crippen molar-refractivity contribution in [2.75, 3.05) is 17.2 Å². The summed E-state index contributed by atoms with van der Waals surface area (Å²) in [6.45, 7) is 6.64. The number of nitrogens with two attached hydrogens (primary N) is 1. The first-order chi connectivity index (χ1) is 33.0. The molecule has 2 nitrogen and oxygen atoms in total. The van der Waals surface area contributed by atoms with Crippen LogP contribution in [0, 0.1) is 19.8 Å². The van der Waals surface area contributed by atoms with Crippen LogP contribution in [0.25, 0.3) is 88.7 Å². The minimum absolute atomic E-state index is 0.770. The van der Waals surface area contributed by atoms with Gasteiger partial charge in [0.1, 0.15) is 0 Å². The third kappa shape index (κ3) is 8.16. The molecule has 0 radical (unpaired) electrons. The Balaban J connectivity index is 0.00000259. The van der Waals surface area contributed by atoms with Gasteiger partial charge in [0.2, 0.25) is 0 Å². The van der Waals surface area contributed by atoms with Crippen LogP contribution in [0.15, 0.2) is 217 Å².